The molecule has 1 heterocycles. The summed E-state index contributed by atoms with van der Waals surface area (Å²) in [6.45, 7) is 8.87. The Bertz CT molecular complexity index is 476. The van der Waals surface area contributed by atoms with Crippen molar-refractivity contribution < 1.29 is 4.79 Å². The van der Waals surface area contributed by atoms with Gasteiger partial charge in [0.05, 0.1) is 0 Å². The molecule has 0 aliphatic carbocycles. The molecule has 0 bridgehead atoms. The minimum absolute atomic E-state index is 0.0828. The second-order valence-corrected chi connectivity index (χ2v) is 4.28. The van der Waals surface area contributed by atoms with Gasteiger partial charge in [-0.1, -0.05) is 0 Å². The minimum Gasteiger partial charge on any atom is -0.343 e. The van der Waals surface area contributed by atoms with E-state index in [2.05, 4.69) is 9.97 Å². The first-order valence-electron chi connectivity index (χ1n) is 6.33. The van der Waals surface area contributed by atoms with Crippen LogP contribution in [0.3, 0.4) is 0 Å². The van der Waals surface area contributed by atoms with Crippen LogP contribution in [0.4, 0.5) is 0 Å². The molecule has 0 atom stereocenters. The fourth-order valence-corrected chi connectivity index (χ4v) is 2.01. The van der Waals surface area contributed by atoms with Crippen LogP contribution in [-0.4, -0.2) is 33.9 Å². The van der Waals surface area contributed by atoms with Crippen molar-refractivity contribution in [3.05, 3.63) is 27.4 Å². The van der Waals surface area contributed by atoms with Gasteiger partial charge in [-0.25, -0.2) is 4.98 Å². The van der Waals surface area contributed by atoms with Crippen LogP contribution < -0.4 is 5.56 Å². The number of nitrogens with one attached hydrogen (secondary N) is 1. The van der Waals surface area contributed by atoms with E-state index >= 15 is 0 Å². The summed E-state index contributed by atoms with van der Waals surface area (Å²) in [6.07, 6.45) is 0.806. The molecule has 0 fully saturated rings. The first-order chi connectivity index (χ1) is 8.49. The molecule has 18 heavy (non-hydrogen) atoms. The predicted octanol–water partition coefficient (Wildman–Crippen LogP) is 1.19. The third-order valence-electron chi connectivity index (χ3n) is 3.05. The lowest BCUT2D eigenvalue weighted by molar-refractivity contribution is -0.130. The molecular formula is C13H21N3O2. The number of aromatic nitrogens is 2. The highest BCUT2D eigenvalue weighted by atomic mass is 16.2. The van der Waals surface area contributed by atoms with Gasteiger partial charge in [-0.3, -0.25) is 9.59 Å². The van der Waals surface area contributed by atoms with Crippen molar-refractivity contribution in [1.29, 1.82) is 0 Å². The standard InChI is InChI=1S/C13H21N3O2/c1-5-16(6-2)12(17)8-7-11-9(3)14-10(4)15-13(11)18/h5-8H2,1-4H3,(H,14,15,18). The van der Waals surface area contributed by atoms with Crippen molar-refractivity contribution in [2.75, 3.05) is 13.1 Å². The summed E-state index contributed by atoms with van der Waals surface area (Å²) in [5.74, 6) is 0.690. The first kappa shape index (κ1) is 14.4. The molecule has 0 unspecified atom stereocenters. The average Bonchev–Trinajstić information content (AvgIpc) is 2.29. The van der Waals surface area contributed by atoms with Gasteiger partial charge in [-0.15, -0.1) is 0 Å². The number of hydrogen-bond donors (Lipinski definition) is 1. The number of aryl methyl sites for hydroxylation is 2. The van der Waals surface area contributed by atoms with Crippen LogP contribution >= 0.6 is 0 Å². The molecule has 1 N–H and O–H groups in total. The van der Waals surface area contributed by atoms with E-state index in [0.29, 0.717) is 43.0 Å². The van der Waals surface area contributed by atoms with Crippen LogP contribution in [-0.2, 0) is 11.2 Å². The van der Waals surface area contributed by atoms with Gasteiger partial charge in [0.1, 0.15) is 5.82 Å². The Morgan fingerprint density at radius 3 is 2.39 bits per heavy atom. The fraction of sp³-hybridized carbons (Fsp3) is 0.615. The molecule has 1 rings (SSSR count). The number of carbonyl (C=O) groups is 1. The fourth-order valence-electron chi connectivity index (χ4n) is 2.01. The maximum Gasteiger partial charge on any atom is 0.254 e. The Kier molecular flexibility index (Phi) is 5.07. The second-order valence-electron chi connectivity index (χ2n) is 4.28. The first-order valence-corrected chi connectivity index (χ1v) is 6.33. The molecule has 0 aliphatic rings. The molecule has 0 radical (unpaired) electrons. The van der Waals surface area contributed by atoms with Gasteiger partial charge in [-0.05, 0) is 34.1 Å². The van der Waals surface area contributed by atoms with Crippen LogP contribution in [0, 0.1) is 13.8 Å². The predicted molar refractivity (Wildman–Crippen MR) is 70.6 cm³/mol. The summed E-state index contributed by atoms with van der Waals surface area (Å²) >= 11 is 0. The van der Waals surface area contributed by atoms with Crippen molar-refractivity contribution in [2.45, 2.75) is 40.5 Å². The lowest BCUT2D eigenvalue weighted by Gasteiger charge is -2.18. The number of carbonyl (C=O) groups excluding carboxylic acids is 1. The van der Waals surface area contributed by atoms with Crippen molar-refractivity contribution in [3.8, 4) is 0 Å². The molecule has 0 aliphatic heterocycles. The molecule has 1 aromatic heterocycles. The summed E-state index contributed by atoms with van der Waals surface area (Å²) in [5, 5.41) is 0. The molecule has 0 spiro atoms. The molecular weight excluding hydrogens is 230 g/mol. The van der Waals surface area contributed by atoms with Crippen molar-refractivity contribution in [2.24, 2.45) is 0 Å². The van der Waals surface area contributed by atoms with Gasteiger partial charge in [0.2, 0.25) is 5.91 Å². The van der Waals surface area contributed by atoms with E-state index < -0.39 is 0 Å². The van der Waals surface area contributed by atoms with Crippen LogP contribution in [0.1, 0.15) is 37.4 Å². The van der Waals surface area contributed by atoms with E-state index in [1.165, 1.54) is 0 Å². The highest BCUT2D eigenvalue weighted by Gasteiger charge is 2.12. The van der Waals surface area contributed by atoms with Crippen molar-refractivity contribution >= 4 is 5.91 Å². The van der Waals surface area contributed by atoms with Gasteiger partial charge in [-0.2, -0.15) is 0 Å². The number of nitrogens with zero attached hydrogens (tertiary/aromatic N) is 2. The quantitative estimate of drug-likeness (QED) is 0.854. The molecule has 5 nitrogen and oxygen atoms in total. The highest BCUT2D eigenvalue weighted by Crippen LogP contribution is 2.04. The van der Waals surface area contributed by atoms with Gasteiger partial charge in [0.15, 0.2) is 0 Å². The smallest absolute Gasteiger partial charge is 0.254 e. The van der Waals surface area contributed by atoms with Crippen molar-refractivity contribution in [1.82, 2.24) is 14.9 Å². The molecule has 100 valence electrons. The molecule has 1 aromatic rings. The Hall–Kier alpha value is -1.65. The zero-order chi connectivity index (χ0) is 13.7. The second kappa shape index (κ2) is 6.33. The third-order valence-corrected chi connectivity index (χ3v) is 3.05. The number of H-pyrrole nitrogens is 1. The maximum atomic E-state index is 11.9. The SMILES string of the molecule is CCN(CC)C(=O)CCc1c(C)nc(C)[nH]c1=O. The van der Waals surface area contributed by atoms with Gasteiger partial charge in [0, 0.05) is 30.8 Å². The van der Waals surface area contributed by atoms with Gasteiger partial charge < -0.3 is 9.88 Å². The number of rotatable bonds is 5. The summed E-state index contributed by atoms with van der Waals surface area (Å²) in [4.78, 5) is 32.3. The van der Waals surface area contributed by atoms with E-state index in [4.69, 9.17) is 0 Å². The molecule has 0 saturated heterocycles. The van der Waals surface area contributed by atoms with Gasteiger partial charge >= 0.3 is 0 Å². The summed E-state index contributed by atoms with van der Waals surface area (Å²) in [6, 6.07) is 0. The lowest BCUT2D eigenvalue weighted by Crippen LogP contribution is -2.31. The van der Waals surface area contributed by atoms with Gasteiger partial charge in [0.25, 0.3) is 5.56 Å². The monoisotopic (exact) mass is 251 g/mol. The Balaban J connectivity index is 2.75. The summed E-state index contributed by atoms with van der Waals surface area (Å²) in [7, 11) is 0. The topological polar surface area (TPSA) is 66.1 Å². The minimum atomic E-state index is -0.132. The molecule has 0 aromatic carbocycles. The van der Waals surface area contributed by atoms with E-state index in [1.807, 2.05) is 13.8 Å². The summed E-state index contributed by atoms with van der Waals surface area (Å²) < 4.78 is 0. The van der Waals surface area contributed by atoms with E-state index in [-0.39, 0.29) is 11.5 Å². The number of hydrogen-bond acceptors (Lipinski definition) is 3. The van der Waals surface area contributed by atoms with E-state index in [0.717, 1.165) is 0 Å². The third kappa shape index (κ3) is 3.42. The van der Waals surface area contributed by atoms with Crippen LogP contribution in [0.15, 0.2) is 4.79 Å². The largest absolute Gasteiger partial charge is 0.343 e. The van der Waals surface area contributed by atoms with Crippen LogP contribution in [0.25, 0.3) is 0 Å². The molecule has 5 heteroatoms. The highest BCUT2D eigenvalue weighted by molar-refractivity contribution is 5.76. The zero-order valence-electron chi connectivity index (χ0n) is 11.5. The van der Waals surface area contributed by atoms with E-state index in [9.17, 15) is 9.59 Å². The number of amides is 1. The van der Waals surface area contributed by atoms with Crippen LogP contribution in [0.5, 0.6) is 0 Å². The molecule has 1 amide bonds. The molecule has 0 saturated carbocycles. The Morgan fingerprint density at radius 2 is 1.89 bits per heavy atom. The Morgan fingerprint density at radius 1 is 1.28 bits per heavy atom. The summed E-state index contributed by atoms with van der Waals surface area (Å²) in [5.41, 5.74) is 1.19. The Labute approximate surface area is 107 Å². The maximum absolute atomic E-state index is 11.9. The average molecular weight is 251 g/mol. The normalized spacial score (nSPS) is 10.4. The van der Waals surface area contributed by atoms with Crippen molar-refractivity contribution in [3.63, 3.8) is 0 Å². The van der Waals surface area contributed by atoms with Crippen LogP contribution in [0.2, 0.25) is 0 Å². The zero-order valence-corrected chi connectivity index (χ0v) is 11.5. The lowest BCUT2D eigenvalue weighted by atomic mass is 10.1. The van der Waals surface area contributed by atoms with E-state index in [1.54, 1.807) is 18.7 Å². The number of aromatic amines is 1.